The van der Waals surface area contributed by atoms with Gasteiger partial charge in [-0.25, -0.2) is 8.54 Å². The summed E-state index contributed by atoms with van der Waals surface area (Å²) in [4.78, 5) is 17.0. The van der Waals surface area contributed by atoms with Crippen molar-refractivity contribution in [2.75, 3.05) is 5.75 Å². The second-order valence-electron chi connectivity index (χ2n) is 6.34. The molecule has 0 radical (unpaired) electrons. The Labute approximate surface area is 147 Å². The molecule has 0 heterocycles. The Morgan fingerprint density at radius 1 is 0.696 bits per heavy atom. The van der Waals surface area contributed by atoms with E-state index in [9.17, 15) is 4.57 Å². The van der Waals surface area contributed by atoms with Crippen molar-refractivity contribution in [1.82, 2.24) is 0 Å². The van der Waals surface area contributed by atoms with Gasteiger partial charge in [-0.05, 0) is 6.42 Å². The maximum Gasteiger partial charge on any atom is 0.480 e. The standard InChI is InChI=1S/C17H37O4PS/c1-2-3-4-5-6-7-8-9-10-11-12-13-14-15-16-17-23-21-22(18,19)20/h2-17H2,1H3,(H2,18,19,20). The van der Waals surface area contributed by atoms with E-state index in [1.54, 1.807) is 0 Å². The summed E-state index contributed by atoms with van der Waals surface area (Å²) in [7, 11) is -4.29. The maximum absolute atomic E-state index is 10.4. The van der Waals surface area contributed by atoms with Crippen LogP contribution in [0.2, 0.25) is 0 Å². The van der Waals surface area contributed by atoms with Crippen LogP contribution in [-0.4, -0.2) is 15.5 Å². The Morgan fingerprint density at radius 3 is 1.39 bits per heavy atom. The molecule has 2 N–H and O–H groups in total. The summed E-state index contributed by atoms with van der Waals surface area (Å²) in [6, 6.07) is 0. The average molecular weight is 369 g/mol. The van der Waals surface area contributed by atoms with Crippen LogP contribution in [0.25, 0.3) is 0 Å². The zero-order valence-corrected chi connectivity index (χ0v) is 16.6. The Hall–Kier alpha value is 0.460. The number of hydrogen-bond acceptors (Lipinski definition) is 3. The zero-order valence-electron chi connectivity index (χ0n) is 14.9. The second-order valence-corrected chi connectivity index (χ2v) is 8.56. The third-order valence-electron chi connectivity index (χ3n) is 3.98. The van der Waals surface area contributed by atoms with Crippen LogP contribution in [0, 0.1) is 0 Å². The molecule has 0 aliphatic rings. The van der Waals surface area contributed by atoms with E-state index < -0.39 is 7.82 Å². The third-order valence-corrected chi connectivity index (χ3v) is 5.63. The van der Waals surface area contributed by atoms with E-state index in [-0.39, 0.29) is 0 Å². The maximum atomic E-state index is 10.4. The minimum atomic E-state index is -4.29. The highest BCUT2D eigenvalue weighted by molar-refractivity contribution is 7.97. The topological polar surface area (TPSA) is 66.8 Å². The summed E-state index contributed by atoms with van der Waals surface area (Å²) < 4.78 is 14.8. The van der Waals surface area contributed by atoms with Gasteiger partial charge in [0.25, 0.3) is 0 Å². The molecule has 0 aliphatic heterocycles. The SMILES string of the molecule is CCCCCCCCCCCCCCCCCSOP(=O)(O)O. The van der Waals surface area contributed by atoms with Crippen molar-refractivity contribution in [1.29, 1.82) is 0 Å². The van der Waals surface area contributed by atoms with E-state index in [4.69, 9.17) is 9.79 Å². The molecule has 0 spiro atoms. The molecule has 0 aromatic carbocycles. The van der Waals surface area contributed by atoms with Gasteiger partial charge in [-0.15, -0.1) is 0 Å². The molecule has 0 rings (SSSR count). The third kappa shape index (κ3) is 22.5. The lowest BCUT2D eigenvalue weighted by atomic mass is 10.0. The van der Waals surface area contributed by atoms with E-state index in [1.807, 2.05) is 0 Å². The summed E-state index contributed by atoms with van der Waals surface area (Å²) in [5.41, 5.74) is 0. The summed E-state index contributed by atoms with van der Waals surface area (Å²) in [5.74, 6) is 0.656. The van der Waals surface area contributed by atoms with E-state index in [1.165, 1.54) is 83.5 Å². The molecule has 140 valence electrons. The van der Waals surface area contributed by atoms with Crippen molar-refractivity contribution in [2.24, 2.45) is 0 Å². The Morgan fingerprint density at radius 2 is 1.04 bits per heavy atom. The number of phosphoric acid groups is 1. The van der Waals surface area contributed by atoms with Crippen molar-refractivity contribution in [2.45, 2.75) is 103 Å². The van der Waals surface area contributed by atoms with Gasteiger partial charge in [-0.1, -0.05) is 96.8 Å². The van der Waals surface area contributed by atoms with Crippen LogP contribution in [-0.2, 0) is 8.54 Å². The molecule has 0 aromatic rings. The lowest BCUT2D eigenvalue weighted by Crippen LogP contribution is -1.85. The molecule has 0 unspecified atom stereocenters. The number of unbranched alkanes of at least 4 members (excludes halogenated alkanes) is 14. The fourth-order valence-corrected chi connectivity index (χ4v) is 3.81. The number of hydrogen-bond donors (Lipinski definition) is 2. The highest BCUT2D eigenvalue weighted by atomic mass is 32.2. The molecule has 0 aromatic heterocycles. The first-order chi connectivity index (χ1) is 11.1. The Bertz CT molecular complexity index is 284. The Balaban J connectivity index is 3.01. The number of rotatable bonds is 18. The summed E-state index contributed by atoms with van der Waals surface area (Å²) >= 11 is 0.883. The predicted octanol–water partition coefficient (Wildman–Crippen LogP) is 6.62. The van der Waals surface area contributed by atoms with Gasteiger partial charge in [0.2, 0.25) is 0 Å². The molecule has 6 heteroatoms. The molecule has 0 aliphatic carbocycles. The minimum Gasteiger partial charge on any atom is -0.302 e. The first kappa shape index (κ1) is 23.5. The minimum absolute atomic E-state index is 0.656. The van der Waals surface area contributed by atoms with Crippen LogP contribution in [0.5, 0.6) is 0 Å². The largest absolute Gasteiger partial charge is 0.480 e. The summed E-state index contributed by atoms with van der Waals surface area (Å²) in [5, 5.41) is 0. The van der Waals surface area contributed by atoms with Gasteiger partial charge in [0.05, 0.1) is 0 Å². The molecular formula is C17H37O4PS. The highest BCUT2D eigenvalue weighted by Crippen LogP contribution is 2.41. The first-order valence-corrected chi connectivity index (χ1v) is 11.9. The summed E-state index contributed by atoms with van der Waals surface area (Å²) in [6.07, 6.45) is 19.8. The quantitative estimate of drug-likeness (QED) is 0.162. The lowest BCUT2D eigenvalue weighted by Gasteiger charge is -2.04. The van der Waals surface area contributed by atoms with Crippen LogP contribution < -0.4 is 0 Å². The first-order valence-electron chi connectivity index (χ1n) is 9.43. The Kier molecular flexibility index (Phi) is 17.6. The van der Waals surface area contributed by atoms with Crippen LogP contribution in [0.3, 0.4) is 0 Å². The van der Waals surface area contributed by atoms with Gasteiger partial charge in [0.15, 0.2) is 0 Å². The molecule has 0 fully saturated rings. The van der Waals surface area contributed by atoms with E-state index in [0.29, 0.717) is 5.75 Å². The highest BCUT2D eigenvalue weighted by Gasteiger charge is 2.13. The van der Waals surface area contributed by atoms with E-state index >= 15 is 0 Å². The van der Waals surface area contributed by atoms with Gasteiger partial charge in [-0.3, -0.25) is 0 Å². The molecule has 0 saturated heterocycles. The van der Waals surface area contributed by atoms with Gasteiger partial charge >= 0.3 is 7.82 Å². The normalized spacial score (nSPS) is 12.0. The molecule has 0 amide bonds. The van der Waals surface area contributed by atoms with Crippen LogP contribution in [0.1, 0.15) is 103 Å². The molecule has 4 nitrogen and oxygen atoms in total. The molecule has 0 saturated carbocycles. The molecule has 23 heavy (non-hydrogen) atoms. The molecule has 0 atom stereocenters. The fraction of sp³-hybridized carbons (Fsp3) is 1.00. The zero-order chi connectivity index (χ0) is 17.2. The van der Waals surface area contributed by atoms with Crippen molar-refractivity contribution < 1.29 is 18.3 Å². The van der Waals surface area contributed by atoms with Crippen LogP contribution >= 0.6 is 19.9 Å². The lowest BCUT2D eigenvalue weighted by molar-refractivity contribution is 0.298. The van der Waals surface area contributed by atoms with Crippen LogP contribution in [0.4, 0.5) is 0 Å². The van der Waals surface area contributed by atoms with Crippen molar-refractivity contribution in [3.63, 3.8) is 0 Å². The van der Waals surface area contributed by atoms with Crippen molar-refractivity contribution in [3.05, 3.63) is 0 Å². The van der Waals surface area contributed by atoms with E-state index in [2.05, 4.69) is 10.9 Å². The van der Waals surface area contributed by atoms with Gasteiger partial charge in [0.1, 0.15) is 0 Å². The smallest absolute Gasteiger partial charge is 0.302 e. The van der Waals surface area contributed by atoms with E-state index in [0.717, 1.165) is 24.9 Å². The predicted molar refractivity (Wildman–Crippen MR) is 101 cm³/mol. The second kappa shape index (κ2) is 17.3. The van der Waals surface area contributed by atoms with Crippen molar-refractivity contribution >= 4 is 19.9 Å². The molecular weight excluding hydrogens is 331 g/mol. The fourth-order valence-electron chi connectivity index (χ4n) is 2.64. The van der Waals surface area contributed by atoms with Gasteiger partial charge < -0.3 is 9.79 Å². The average Bonchev–Trinajstić information content (AvgIpc) is 2.49. The monoisotopic (exact) mass is 368 g/mol. The van der Waals surface area contributed by atoms with Crippen molar-refractivity contribution in [3.8, 4) is 0 Å². The van der Waals surface area contributed by atoms with Gasteiger partial charge in [0, 0.05) is 17.8 Å². The molecule has 0 bridgehead atoms. The van der Waals surface area contributed by atoms with Gasteiger partial charge in [-0.2, -0.15) is 0 Å². The van der Waals surface area contributed by atoms with Crippen LogP contribution in [0.15, 0.2) is 0 Å². The summed E-state index contributed by atoms with van der Waals surface area (Å²) in [6.45, 7) is 2.26.